The largest absolute Gasteiger partial charge is 0.480 e. The number of carbonyl (C=O) groups is 2. The number of sulfonamides is 1. The van der Waals surface area contributed by atoms with Crippen molar-refractivity contribution < 1.29 is 22.7 Å². The molecular formula is C24H26N4O5S. The van der Waals surface area contributed by atoms with Crippen LogP contribution in [0.5, 0.6) is 5.88 Å². The van der Waals surface area contributed by atoms with Gasteiger partial charge in [0.25, 0.3) is 15.9 Å². The number of methoxy groups -OCH3 is 1. The zero-order chi connectivity index (χ0) is 24.9. The lowest BCUT2D eigenvalue weighted by atomic mass is 10.1. The minimum absolute atomic E-state index is 0.0981. The Morgan fingerprint density at radius 2 is 1.68 bits per heavy atom. The van der Waals surface area contributed by atoms with Crippen LogP contribution in [0.25, 0.3) is 0 Å². The van der Waals surface area contributed by atoms with Crippen molar-refractivity contribution in [1.82, 2.24) is 10.3 Å². The van der Waals surface area contributed by atoms with Gasteiger partial charge in [-0.25, -0.2) is 13.4 Å². The molecule has 0 saturated carbocycles. The number of carbonyl (C=O) groups excluding carboxylic acids is 2. The average molecular weight is 483 g/mol. The van der Waals surface area contributed by atoms with Gasteiger partial charge in [0.05, 0.1) is 24.7 Å². The number of aryl methyl sites for hydroxylation is 2. The number of para-hydroxylation sites is 1. The fourth-order valence-electron chi connectivity index (χ4n) is 3.21. The van der Waals surface area contributed by atoms with Gasteiger partial charge in [-0.05, 0) is 48.7 Å². The van der Waals surface area contributed by atoms with Crippen LogP contribution in [0.1, 0.15) is 34.0 Å². The average Bonchev–Trinajstić information content (AvgIpc) is 2.80. The van der Waals surface area contributed by atoms with E-state index < -0.39 is 15.9 Å². The topological polar surface area (TPSA) is 126 Å². The van der Waals surface area contributed by atoms with E-state index in [9.17, 15) is 18.0 Å². The van der Waals surface area contributed by atoms with E-state index in [0.29, 0.717) is 17.8 Å². The standard InChI is InChI=1S/C24H26N4O5S/c1-15-6-5-7-16(2)22(15)28-34(31,32)21-12-20(14-26-24(21)33-4)27-23(30)19-10-8-18(9-11-19)13-25-17(3)29/h5-12,14,28H,13H2,1-4H3,(H,25,29)(H,27,30). The van der Waals surface area contributed by atoms with Crippen molar-refractivity contribution in [3.05, 3.63) is 77.0 Å². The Bertz CT molecular complexity index is 1300. The number of nitrogens with zero attached hydrogens (tertiary/aromatic N) is 1. The van der Waals surface area contributed by atoms with Crippen LogP contribution in [0.3, 0.4) is 0 Å². The number of amides is 2. The lowest BCUT2D eigenvalue weighted by Crippen LogP contribution is -2.19. The number of anilines is 2. The number of nitrogens with one attached hydrogen (secondary N) is 3. The summed E-state index contributed by atoms with van der Waals surface area (Å²) in [6.45, 7) is 5.39. The van der Waals surface area contributed by atoms with Crippen LogP contribution in [-0.4, -0.2) is 32.3 Å². The van der Waals surface area contributed by atoms with E-state index in [0.717, 1.165) is 16.7 Å². The number of rotatable bonds is 8. The van der Waals surface area contributed by atoms with E-state index >= 15 is 0 Å². The molecule has 3 rings (SSSR count). The zero-order valence-electron chi connectivity index (χ0n) is 19.3. The smallest absolute Gasteiger partial charge is 0.267 e. The molecule has 3 aromatic rings. The lowest BCUT2D eigenvalue weighted by Gasteiger charge is -2.15. The summed E-state index contributed by atoms with van der Waals surface area (Å²) in [5.41, 5.74) is 3.39. The van der Waals surface area contributed by atoms with Crippen molar-refractivity contribution in [3.8, 4) is 5.88 Å². The Labute approximate surface area is 198 Å². The fraction of sp³-hybridized carbons (Fsp3) is 0.208. The molecule has 0 aliphatic rings. The maximum atomic E-state index is 13.2. The first-order chi connectivity index (χ1) is 16.1. The third-order valence-electron chi connectivity index (χ3n) is 5.03. The number of pyridine rings is 1. The first-order valence-electron chi connectivity index (χ1n) is 10.4. The second kappa shape index (κ2) is 10.3. The van der Waals surface area contributed by atoms with Gasteiger partial charge in [0, 0.05) is 19.0 Å². The maximum Gasteiger partial charge on any atom is 0.267 e. The van der Waals surface area contributed by atoms with Crippen LogP contribution < -0.4 is 20.1 Å². The number of hydrogen-bond donors (Lipinski definition) is 3. The Morgan fingerprint density at radius 1 is 1.03 bits per heavy atom. The summed E-state index contributed by atoms with van der Waals surface area (Å²) in [6, 6.07) is 13.4. The van der Waals surface area contributed by atoms with E-state index in [-0.39, 0.29) is 22.4 Å². The second-order valence-corrected chi connectivity index (χ2v) is 9.32. The summed E-state index contributed by atoms with van der Waals surface area (Å²) in [5.74, 6) is -0.685. The van der Waals surface area contributed by atoms with Crippen molar-refractivity contribution in [2.75, 3.05) is 17.1 Å². The summed E-state index contributed by atoms with van der Waals surface area (Å²) in [6.07, 6.45) is 1.32. The van der Waals surface area contributed by atoms with Crippen molar-refractivity contribution in [3.63, 3.8) is 0 Å². The first kappa shape index (κ1) is 24.7. The normalized spacial score (nSPS) is 10.9. The molecule has 0 spiro atoms. The van der Waals surface area contributed by atoms with Crippen LogP contribution in [0, 0.1) is 13.8 Å². The maximum absolute atomic E-state index is 13.2. The molecule has 178 valence electrons. The highest BCUT2D eigenvalue weighted by Crippen LogP contribution is 2.29. The zero-order valence-corrected chi connectivity index (χ0v) is 20.1. The number of ether oxygens (including phenoxy) is 1. The molecule has 0 saturated heterocycles. The molecule has 0 unspecified atom stereocenters. The quantitative estimate of drug-likeness (QED) is 0.452. The van der Waals surface area contributed by atoms with Crippen molar-refractivity contribution >= 4 is 33.2 Å². The molecule has 0 aliphatic carbocycles. The van der Waals surface area contributed by atoms with Crippen molar-refractivity contribution in [2.24, 2.45) is 0 Å². The minimum Gasteiger partial charge on any atom is -0.480 e. The number of hydrogen-bond acceptors (Lipinski definition) is 6. The molecule has 0 aliphatic heterocycles. The molecule has 0 bridgehead atoms. The summed E-state index contributed by atoms with van der Waals surface area (Å²) in [4.78, 5) is 27.6. The molecule has 0 radical (unpaired) electrons. The third-order valence-corrected chi connectivity index (χ3v) is 6.38. The number of benzene rings is 2. The number of aromatic nitrogens is 1. The minimum atomic E-state index is -4.07. The van der Waals surface area contributed by atoms with Crippen LogP contribution in [0.4, 0.5) is 11.4 Å². The van der Waals surface area contributed by atoms with Gasteiger partial charge in [0.1, 0.15) is 0 Å². The van der Waals surface area contributed by atoms with Crippen LogP contribution in [0.2, 0.25) is 0 Å². The van der Waals surface area contributed by atoms with Gasteiger partial charge in [0.2, 0.25) is 11.8 Å². The molecule has 2 amide bonds. The predicted octanol–water partition coefficient (Wildman–Crippen LogP) is 3.40. The van der Waals surface area contributed by atoms with Gasteiger partial charge in [-0.15, -0.1) is 0 Å². The van der Waals surface area contributed by atoms with Gasteiger partial charge in [-0.1, -0.05) is 30.3 Å². The summed E-state index contributed by atoms with van der Waals surface area (Å²) in [5, 5.41) is 5.34. The molecule has 10 heteroatoms. The Kier molecular flexibility index (Phi) is 7.52. The van der Waals surface area contributed by atoms with Crippen LogP contribution in [-0.2, 0) is 21.4 Å². The van der Waals surface area contributed by atoms with Crippen LogP contribution in [0.15, 0.2) is 59.6 Å². The molecule has 0 atom stereocenters. The van der Waals surface area contributed by atoms with Gasteiger partial charge in [0.15, 0.2) is 4.90 Å². The monoisotopic (exact) mass is 482 g/mol. The fourth-order valence-corrected chi connectivity index (χ4v) is 4.56. The third kappa shape index (κ3) is 5.90. The molecule has 1 heterocycles. The van der Waals surface area contributed by atoms with Crippen molar-refractivity contribution in [1.29, 1.82) is 0 Å². The molecular weight excluding hydrogens is 456 g/mol. The molecule has 2 aromatic carbocycles. The Morgan fingerprint density at radius 3 is 2.26 bits per heavy atom. The Balaban J connectivity index is 1.83. The van der Waals surface area contributed by atoms with Crippen LogP contribution >= 0.6 is 0 Å². The predicted molar refractivity (Wildman–Crippen MR) is 129 cm³/mol. The van der Waals surface area contributed by atoms with E-state index in [1.54, 1.807) is 50.2 Å². The van der Waals surface area contributed by atoms with Gasteiger partial charge >= 0.3 is 0 Å². The second-order valence-electron chi connectivity index (χ2n) is 7.66. The highest BCUT2D eigenvalue weighted by Gasteiger charge is 2.23. The molecule has 34 heavy (non-hydrogen) atoms. The summed E-state index contributed by atoms with van der Waals surface area (Å²) in [7, 11) is -2.75. The van der Waals surface area contributed by atoms with Gasteiger partial charge in [-0.3, -0.25) is 14.3 Å². The van der Waals surface area contributed by atoms with E-state index in [1.807, 2.05) is 6.07 Å². The SMILES string of the molecule is COc1ncc(NC(=O)c2ccc(CNC(C)=O)cc2)cc1S(=O)(=O)Nc1c(C)cccc1C. The summed E-state index contributed by atoms with van der Waals surface area (Å²) < 4.78 is 34.1. The van der Waals surface area contributed by atoms with E-state index in [1.165, 1.54) is 26.3 Å². The molecule has 0 fully saturated rings. The Hall–Kier alpha value is -3.92. The van der Waals surface area contributed by atoms with E-state index in [4.69, 9.17) is 4.74 Å². The first-order valence-corrected chi connectivity index (χ1v) is 11.9. The summed E-state index contributed by atoms with van der Waals surface area (Å²) >= 11 is 0. The van der Waals surface area contributed by atoms with Crippen molar-refractivity contribution in [2.45, 2.75) is 32.2 Å². The lowest BCUT2D eigenvalue weighted by molar-refractivity contribution is -0.119. The molecule has 9 nitrogen and oxygen atoms in total. The van der Waals surface area contributed by atoms with Gasteiger partial charge < -0.3 is 15.4 Å². The highest BCUT2D eigenvalue weighted by atomic mass is 32.2. The molecule has 1 aromatic heterocycles. The van der Waals surface area contributed by atoms with E-state index in [2.05, 4.69) is 20.3 Å². The highest BCUT2D eigenvalue weighted by molar-refractivity contribution is 7.92. The van der Waals surface area contributed by atoms with Gasteiger partial charge in [-0.2, -0.15) is 0 Å². The molecule has 3 N–H and O–H groups in total.